The van der Waals surface area contributed by atoms with E-state index in [9.17, 15) is 0 Å². The van der Waals surface area contributed by atoms with Gasteiger partial charge in [0, 0.05) is 22.3 Å². The predicted octanol–water partition coefficient (Wildman–Crippen LogP) is 19.8. The average molecular weight is 1310 g/mol. The van der Waals surface area contributed by atoms with Crippen LogP contribution in [0.5, 0.6) is 0 Å². The first-order valence-electron chi connectivity index (χ1n) is 32.9. The first-order valence-corrected chi connectivity index (χ1v) is 32.9. The molecule has 16 nitrogen and oxygen atoms in total. The molecule has 0 atom stereocenters. The lowest BCUT2D eigenvalue weighted by Gasteiger charge is -2.13. The van der Waals surface area contributed by atoms with Crippen LogP contribution in [0.25, 0.3) is 139 Å². The quantitative estimate of drug-likeness (QED) is 0.125. The van der Waals surface area contributed by atoms with Crippen molar-refractivity contribution in [3.05, 3.63) is 355 Å². The van der Waals surface area contributed by atoms with Gasteiger partial charge in [-0.05, 0) is 126 Å². The summed E-state index contributed by atoms with van der Waals surface area (Å²) < 4.78 is 17.3. The van der Waals surface area contributed by atoms with E-state index in [1.54, 1.807) is 0 Å². The van der Waals surface area contributed by atoms with E-state index >= 15 is 0 Å². The zero-order chi connectivity index (χ0) is 70.2. The fraction of sp³-hybridized carbons (Fsp3) is 0.0930. The Balaban J connectivity index is 0.000000105. The summed E-state index contributed by atoms with van der Waals surface area (Å²) >= 11 is 0. The van der Waals surface area contributed by atoms with Gasteiger partial charge in [-0.1, -0.05) is 146 Å². The van der Waals surface area contributed by atoms with Crippen molar-refractivity contribution in [2.75, 3.05) is 0 Å². The summed E-state index contributed by atoms with van der Waals surface area (Å²) in [4.78, 5) is 28.1. The van der Waals surface area contributed by atoms with E-state index in [-0.39, 0.29) is 0 Å². The molecule has 19 rings (SSSR count). The number of rotatable bonds is 3. The number of hydrogen-bond acceptors (Lipinski definition) is 0. The highest BCUT2D eigenvalue weighted by atomic mass is 15.4. The Morgan fingerprint density at radius 2 is 0.647 bits per heavy atom. The second kappa shape index (κ2) is 24.7. The van der Waals surface area contributed by atoms with Gasteiger partial charge in [-0.2, -0.15) is 0 Å². The lowest BCUT2D eigenvalue weighted by Crippen LogP contribution is -2.36. The molecule has 4 aliphatic rings. The maximum atomic E-state index is 7.40. The summed E-state index contributed by atoms with van der Waals surface area (Å²) in [6, 6.07) is 65.1. The van der Waals surface area contributed by atoms with Crippen LogP contribution in [0.1, 0.15) is 44.5 Å². The molecule has 4 aliphatic heterocycles. The minimum absolute atomic E-state index is 0.402. The van der Waals surface area contributed by atoms with E-state index < -0.39 is 0 Å². The molecule has 0 spiro atoms. The van der Waals surface area contributed by atoms with Gasteiger partial charge in [0.1, 0.15) is 44.8 Å². The van der Waals surface area contributed by atoms with Crippen LogP contribution in [-0.4, -0.2) is 18.7 Å². The third-order valence-electron chi connectivity index (χ3n) is 20.1. The van der Waals surface area contributed by atoms with Gasteiger partial charge in [0.25, 0.3) is 0 Å². The number of aromatic nitrogens is 8. The number of nitrogens with zero attached hydrogens (tertiary/aromatic N) is 16. The lowest BCUT2D eigenvalue weighted by atomic mass is 9.92. The van der Waals surface area contributed by atoms with Crippen LogP contribution in [0.2, 0.25) is 0 Å². The van der Waals surface area contributed by atoms with Gasteiger partial charge < -0.3 is 0 Å². The second-order valence-corrected chi connectivity index (χ2v) is 25.6. The average Bonchev–Trinajstić information content (AvgIpc) is 1.60. The van der Waals surface area contributed by atoms with Crippen molar-refractivity contribution >= 4 is 89.1 Å². The molecule has 8 heterocycles. The standard InChI is InChI=1S/3C22H13N4.C20H17N4/c1-23-19-11-17-14-25-13-16-9-6-10-18(15-7-4-3-5-8-15)22(16)26(25)21(17)12-20(19)24-2;1-23-19-10-18-14-25-13-17-9-8-16(15-6-4-3-5-7-15)11-21(17)26(25)22(18)12-20(19)24-2;1-23-19-11-18-14-25-13-17-10-16(15-6-4-3-5-7-15)8-9-21(17)26(25)22(18)12-20(19)24-2;1-11-12(2)14(4)20-16(13(11)3)10-23-9-15-7-17(21-5)18(22-6)8-19(15)24(20)23/h3*3-12,14H,13H2;7-9H,10H2,1-4H3/q4*+1. The van der Waals surface area contributed by atoms with Crippen molar-refractivity contribution in [3.8, 4) is 56.1 Å². The maximum absolute atomic E-state index is 7.40. The van der Waals surface area contributed by atoms with Crippen molar-refractivity contribution in [2.45, 2.75) is 53.9 Å². The van der Waals surface area contributed by atoms with Crippen LogP contribution >= 0.6 is 0 Å². The van der Waals surface area contributed by atoms with Crippen LogP contribution in [-0.2, 0) is 26.2 Å². The molecule has 0 N–H and O–H groups in total. The second-order valence-electron chi connectivity index (χ2n) is 25.6. The molecule has 4 aromatic heterocycles. The minimum atomic E-state index is 0.402. The summed E-state index contributed by atoms with van der Waals surface area (Å²) in [5, 5.41) is 3.96. The number of para-hydroxylation sites is 1. The normalized spacial score (nSPS) is 11.7. The Kier molecular flexibility index (Phi) is 15.0. The molecule has 0 saturated carbocycles. The van der Waals surface area contributed by atoms with E-state index in [4.69, 9.17) is 52.6 Å². The summed E-state index contributed by atoms with van der Waals surface area (Å²) in [5.74, 6) is 0. The molecule has 0 radical (unpaired) electrons. The molecule has 0 fully saturated rings. The zero-order valence-corrected chi connectivity index (χ0v) is 55.8. The van der Waals surface area contributed by atoms with Gasteiger partial charge in [0.15, 0.2) is 71.7 Å². The monoisotopic (exact) mass is 1310 g/mol. The summed E-state index contributed by atoms with van der Waals surface area (Å²) in [5.41, 5.74) is 29.4. The van der Waals surface area contributed by atoms with Crippen molar-refractivity contribution in [1.82, 2.24) is 18.7 Å². The van der Waals surface area contributed by atoms with E-state index in [0.29, 0.717) is 45.5 Å². The molecule has 0 amide bonds. The van der Waals surface area contributed by atoms with Gasteiger partial charge in [-0.25, -0.2) is 0 Å². The molecule has 16 heteroatoms. The van der Waals surface area contributed by atoms with Crippen LogP contribution in [0, 0.1) is 80.3 Å². The fourth-order valence-corrected chi connectivity index (χ4v) is 14.9. The first-order chi connectivity index (χ1) is 49.8. The molecule has 0 unspecified atom stereocenters. The third-order valence-corrected chi connectivity index (χ3v) is 20.1. The number of hydrogen-bond donors (Lipinski definition) is 0. The van der Waals surface area contributed by atoms with Crippen LogP contribution in [0.3, 0.4) is 0 Å². The highest BCUT2D eigenvalue weighted by molar-refractivity contribution is 5.95. The van der Waals surface area contributed by atoms with Gasteiger partial charge in [0.05, 0.1) is 79.7 Å². The number of benzene rings is 11. The molecule has 15 aromatic rings. The van der Waals surface area contributed by atoms with Gasteiger partial charge in [0.2, 0.25) is 24.8 Å². The zero-order valence-electron chi connectivity index (χ0n) is 55.8. The Morgan fingerprint density at radius 1 is 0.275 bits per heavy atom. The Labute approximate surface area is 588 Å². The molecule has 0 saturated heterocycles. The smallest absolute Gasteiger partial charge is 0.202 e. The Morgan fingerprint density at radius 3 is 1.13 bits per heavy atom. The predicted molar refractivity (Wildman–Crippen MR) is 396 cm³/mol. The molecule has 0 aliphatic carbocycles. The van der Waals surface area contributed by atoms with E-state index in [2.05, 4.69) is 232 Å². The highest BCUT2D eigenvalue weighted by Crippen LogP contribution is 2.43. The SMILES string of the molecule is [C-]#[N+]c1cc2c[n+]3n(c2cc1[N+]#[C-])-c1c(C)c(C)c(C)c(C)c1C3.[C-]#[N+]c1cc2c[n+]3n(c2cc1[N+]#[C-])-c1c(cccc1-c1ccccc1)C3.[C-]#[N+]c1cc2c[n+]3n(c2cc1[N+]#[C-])-c1cc(-c2ccccc2)ccc1C3.[C-]#[N+]c1cc2c[n+]3n(c2cc1[N+]#[C-])-c1ccc(-c2ccccc2)cc1C3. The summed E-state index contributed by atoms with van der Waals surface area (Å²) in [7, 11) is 0. The number of fused-ring (bicyclic) bond motifs is 20. The molecule has 11 aromatic carbocycles. The molecule has 476 valence electrons. The first kappa shape index (κ1) is 62.1. The molecular weight excluding hydrogens is 1260 g/mol. The summed E-state index contributed by atoms with van der Waals surface area (Å²) in [6.07, 6.45) is 8.26. The van der Waals surface area contributed by atoms with Gasteiger partial charge in [-0.3, -0.25) is 38.8 Å². The lowest BCUT2D eigenvalue weighted by molar-refractivity contribution is -0.749. The van der Waals surface area contributed by atoms with Crippen molar-refractivity contribution in [1.29, 1.82) is 0 Å². The maximum Gasteiger partial charge on any atom is 0.202 e. The third kappa shape index (κ3) is 10.1. The van der Waals surface area contributed by atoms with E-state index in [1.807, 2.05) is 91.0 Å². The largest absolute Gasteiger partial charge is 0.250 e. The van der Waals surface area contributed by atoms with Crippen LogP contribution in [0.4, 0.5) is 45.5 Å². The van der Waals surface area contributed by atoms with Gasteiger partial charge >= 0.3 is 0 Å². The topological polar surface area (TPSA) is 70.1 Å². The fourth-order valence-electron chi connectivity index (χ4n) is 14.9. The van der Waals surface area contributed by atoms with Crippen LogP contribution in [0.15, 0.2) is 219 Å². The Bertz CT molecular complexity index is 6520. The van der Waals surface area contributed by atoms with Crippen molar-refractivity contribution < 1.29 is 18.7 Å². The van der Waals surface area contributed by atoms with E-state index in [1.165, 1.54) is 83.6 Å². The van der Waals surface area contributed by atoms with E-state index in [0.717, 1.165) is 86.9 Å². The highest BCUT2D eigenvalue weighted by Gasteiger charge is 2.36. The summed E-state index contributed by atoms with van der Waals surface area (Å²) in [6.45, 7) is 70.6. The molecular formula is C86H56N16+4. The van der Waals surface area contributed by atoms with Crippen LogP contribution < -0.4 is 18.7 Å². The van der Waals surface area contributed by atoms with Gasteiger partial charge in [-0.15, -0.1) is 37.5 Å². The van der Waals surface area contributed by atoms with Crippen molar-refractivity contribution in [2.24, 2.45) is 0 Å². The minimum Gasteiger partial charge on any atom is -0.250 e. The molecule has 102 heavy (non-hydrogen) atoms. The molecule has 0 bridgehead atoms. The Hall–Kier alpha value is -14.8. The van der Waals surface area contributed by atoms with Crippen molar-refractivity contribution in [3.63, 3.8) is 0 Å².